The van der Waals surface area contributed by atoms with Crippen molar-refractivity contribution >= 4 is 41.5 Å². The maximum absolute atomic E-state index is 11.6. The Hall–Kier alpha value is -1.55. The van der Waals surface area contributed by atoms with Crippen LogP contribution in [0.1, 0.15) is 38.7 Å². The number of benzene rings is 1. The number of anilines is 1. The molecule has 0 saturated carbocycles. The second-order valence-corrected chi connectivity index (χ2v) is 7.89. The van der Waals surface area contributed by atoms with Crippen LogP contribution >= 0.6 is 24.0 Å². The number of piperazine rings is 1. The number of hydrogen-bond donors (Lipinski definition) is 3. The van der Waals surface area contributed by atoms with Crippen molar-refractivity contribution in [2.45, 2.75) is 45.7 Å². The Kier molecular flexibility index (Phi) is 10.7. The summed E-state index contributed by atoms with van der Waals surface area (Å²) >= 11 is 0. The quantitative estimate of drug-likeness (QED) is 0.288. The number of carbonyl (C=O) groups is 1. The SMILES string of the molecule is CCCN1CCC(NC(=NCc2ccc(N3CCNC(=O)C3)cc2)NCC)CC1.I. The fourth-order valence-electron chi connectivity index (χ4n) is 3.97. The third kappa shape index (κ3) is 7.61. The molecule has 1 amide bonds. The molecule has 2 fully saturated rings. The number of nitrogens with one attached hydrogen (secondary N) is 3. The van der Waals surface area contributed by atoms with Crippen LogP contribution in [0.15, 0.2) is 29.3 Å². The highest BCUT2D eigenvalue weighted by atomic mass is 127. The average Bonchev–Trinajstić information content (AvgIpc) is 2.74. The molecular formula is C22H37IN6O. The minimum Gasteiger partial charge on any atom is -0.360 e. The fraction of sp³-hybridized carbons (Fsp3) is 0.636. The van der Waals surface area contributed by atoms with Crippen molar-refractivity contribution in [3.63, 3.8) is 0 Å². The molecule has 2 aliphatic rings. The Morgan fingerprint density at radius 2 is 1.90 bits per heavy atom. The maximum Gasteiger partial charge on any atom is 0.239 e. The summed E-state index contributed by atoms with van der Waals surface area (Å²) < 4.78 is 0. The number of likely N-dealkylation sites (tertiary alicyclic amines) is 1. The molecule has 3 rings (SSSR count). The molecule has 168 valence electrons. The third-order valence-electron chi connectivity index (χ3n) is 5.57. The van der Waals surface area contributed by atoms with E-state index < -0.39 is 0 Å². The van der Waals surface area contributed by atoms with Gasteiger partial charge in [-0.15, -0.1) is 24.0 Å². The molecule has 0 atom stereocenters. The number of halogens is 1. The third-order valence-corrected chi connectivity index (χ3v) is 5.57. The number of amides is 1. The van der Waals surface area contributed by atoms with Gasteiger partial charge in [0.1, 0.15) is 0 Å². The smallest absolute Gasteiger partial charge is 0.239 e. The zero-order chi connectivity index (χ0) is 20.5. The van der Waals surface area contributed by atoms with E-state index in [9.17, 15) is 4.79 Å². The zero-order valence-corrected chi connectivity index (χ0v) is 20.7. The molecule has 0 spiro atoms. The number of aliphatic imine (C=N–C) groups is 1. The minimum atomic E-state index is 0. The van der Waals surface area contributed by atoms with Crippen molar-refractivity contribution in [3.8, 4) is 0 Å². The molecule has 3 N–H and O–H groups in total. The fourth-order valence-corrected chi connectivity index (χ4v) is 3.97. The van der Waals surface area contributed by atoms with Crippen molar-refractivity contribution in [2.75, 3.05) is 50.7 Å². The standard InChI is InChI=1S/C22H36N6O.HI/c1-3-12-27-13-9-19(10-14-27)26-22(23-4-2)25-16-18-5-7-20(8-6-18)28-15-11-24-21(29)17-28;/h5-8,19H,3-4,9-17H2,1-2H3,(H,24,29)(H2,23,25,26);1H. The number of hydrogen-bond acceptors (Lipinski definition) is 4. The van der Waals surface area contributed by atoms with Crippen LogP contribution in [-0.2, 0) is 11.3 Å². The summed E-state index contributed by atoms with van der Waals surface area (Å²) in [7, 11) is 0. The van der Waals surface area contributed by atoms with Crippen molar-refractivity contribution in [1.82, 2.24) is 20.9 Å². The van der Waals surface area contributed by atoms with Gasteiger partial charge in [0.15, 0.2) is 5.96 Å². The molecule has 2 saturated heterocycles. The number of piperidine rings is 1. The summed E-state index contributed by atoms with van der Waals surface area (Å²) in [6.07, 6.45) is 3.57. The first-order valence-electron chi connectivity index (χ1n) is 11.1. The van der Waals surface area contributed by atoms with Crippen molar-refractivity contribution in [2.24, 2.45) is 4.99 Å². The highest BCUT2D eigenvalue weighted by molar-refractivity contribution is 14.0. The Balaban J connectivity index is 0.00000320. The lowest BCUT2D eigenvalue weighted by molar-refractivity contribution is -0.120. The highest BCUT2D eigenvalue weighted by Gasteiger charge is 2.19. The van der Waals surface area contributed by atoms with Gasteiger partial charge in [-0.3, -0.25) is 4.79 Å². The highest BCUT2D eigenvalue weighted by Crippen LogP contribution is 2.16. The molecular weight excluding hydrogens is 491 g/mol. The van der Waals surface area contributed by atoms with Gasteiger partial charge in [-0.05, 0) is 50.4 Å². The number of guanidine groups is 1. The molecule has 30 heavy (non-hydrogen) atoms. The Bertz CT molecular complexity index is 673. The van der Waals surface area contributed by atoms with Gasteiger partial charge in [-0.25, -0.2) is 4.99 Å². The van der Waals surface area contributed by atoms with Crippen LogP contribution < -0.4 is 20.9 Å². The predicted octanol–water partition coefficient (Wildman–Crippen LogP) is 2.17. The van der Waals surface area contributed by atoms with Crippen LogP contribution in [0.3, 0.4) is 0 Å². The van der Waals surface area contributed by atoms with E-state index in [1.165, 1.54) is 44.5 Å². The summed E-state index contributed by atoms with van der Waals surface area (Å²) in [6, 6.07) is 8.89. The van der Waals surface area contributed by atoms with Gasteiger partial charge in [0.2, 0.25) is 5.91 Å². The van der Waals surface area contributed by atoms with E-state index in [0.29, 0.717) is 25.7 Å². The lowest BCUT2D eigenvalue weighted by Gasteiger charge is -2.32. The summed E-state index contributed by atoms with van der Waals surface area (Å²) in [5, 5.41) is 9.86. The summed E-state index contributed by atoms with van der Waals surface area (Å²) in [5.74, 6) is 0.991. The first-order valence-corrected chi connectivity index (χ1v) is 11.1. The molecule has 2 heterocycles. The Morgan fingerprint density at radius 1 is 1.17 bits per heavy atom. The van der Waals surface area contributed by atoms with Gasteiger partial charge >= 0.3 is 0 Å². The van der Waals surface area contributed by atoms with Gasteiger partial charge in [0.25, 0.3) is 0 Å². The zero-order valence-electron chi connectivity index (χ0n) is 18.3. The Morgan fingerprint density at radius 3 is 2.53 bits per heavy atom. The van der Waals surface area contributed by atoms with E-state index in [1.807, 2.05) is 0 Å². The number of nitrogens with zero attached hydrogens (tertiary/aromatic N) is 3. The van der Waals surface area contributed by atoms with E-state index in [2.05, 4.69) is 63.9 Å². The second kappa shape index (κ2) is 13.0. The molecule has 0 unspecified atom stereocenters. The minimum absolute atomic E-state index is 0. The number of rotatable bonds is 7. The second-order valence-electron chi connectivity index (χ2n) is 7.89. The summed E-state index contributed by atoms with van der Waals surface area (Å²) in [4.78, 5) is 21.0. The van der Waals surface area contributed by atoms with Crippen LogP contribution in [0.25, 0.3) is 0 Å². The van der Waals surface area contributed by atoms with Crippen molar-refractivity contribution < 1.29 is 4.79 Å². The molecule has 1 aromatic rings. The molecule has 0 aromatic heterocycles. The predicted molar refractivity (Wildman–Crippen MR) is 135 cm³/mol. The van der Waals surface area contributed by atoms with Gasteiger partial charge in [0.05, 0.1) is 13.1 Å². The molecule has 2 aliphatic heterocycles. The molecule has 7 nitrogen and oxygen atoms in total. The monoisotopic (exact) mass is 528 g/mol. The molecule has 0 aliphatic carbocycles. The largest absolute Gasteiger partial charge is 0.360 e. The number of carbonyl (C=O) groups excluding carboxylic acids is 1. The van der Waals surface area contributed by atoms with E-state index >= 15 is 0 Å². The van der Waals surface area contributed by atoms with E-state index in [1.54, 1.807) is 0 Å². The van der Waals surface area contributed by atoms with Crippen molar-refractivity contribution in [1.29, 1.82) is 0 Å². The normalized spacial score (nSPS) is 18.5. The van der Waals surface area contributed by atoms with E-state index in [4.69, 9.17) is 4.99 Å². The topological polar surface area (TPSA) is 72.0 Å². The lowest BCUT2D eigenvalue weighted by Crippen LogP contribution is -2.48. The first kappa shape index (κ1) is 24.7. The molecule has 8 heteroatoms. The summed E-state index contributed by atoms with van der Waals surface area (Å²) in [5.41, 5.74) is 2.27. The van der Waals surface area contributed by atoms with Gasteiger partial charge in [-0.1, -0.05) is 19.1 Å². The average molecular weight is 528 g/mol. The van der Waals surface area contributed by atoms with E-state index in [-0.39, 0.29) is 29.9 Å². The molecule has 0 radical (unpaired) electrons. The van der Waals surface area contributed by atoms with E-state index in [0.717, 1.165) is 24.7 Å². The van der Waals surface area contributed by atoms with Gasteiger partial charge in [-0.2, -0.15) is 0 Å². The first-order chi connectivity index (χ1) is 14.2. The van der Waals surface area contributed by atoms with Gasteiger partial charge in [0, 0.05) is 44.5 Å². The molecule has 0 bridgehead atoms. The lowest BCUT2D eigenvalue weighted by atomic mass is 10.1. The van der Waals surface area contributed by atoms with Crippen LogP contribution in [0.5, 0.6) is 0 Å². The van der Waals surface area contributed by atoms with Gasteiger partial charge < -0.3 is 25.8 Å². The maximum atomic E-state index is 11.6. The van der Waals surface area contributed by atoms with Crippen molar-refractivity contribution in [3.05, 3.63) is 29.8 Å². The van der Waals surface area contributed by atoms with Crippen LogP contribution in [0.4, 0.5) is 5.69 Å². The molecule has 1 aromatic carbocycles. The summed E-state index contributed by atoms with van der Waals surface area (Å²) in [6.45, 7) is 11.4. The Labute approximate surface area is 198 Å². The van der Waals surface area contributed by atoms with Crippen LogP contribution in [0.2, 0.25) is 0 Å². The van der Waals surface area contributed by atoms with Crippen LogP contribution in [0, 0.1) is 0 Å². The van der Waals surface area contributed by atoms with Crippen LogP contribution in [-0.4, -0.2) is 68.6 Å².